The number of carbonyl (C=O) groups excluding carboxylic acids is 3. The highest BCUT2D eigenvalue weighted by atomic mass is 16.5. The van der Waals surface area contributed by atoms with Crippen LogP contribution in [-0.2, 0) is 31.2 Å². The van der Waals surface area contributed by atoms with E-state index >= 15 is 0 Å². The van der Waals surface area contributed by atoms with E-state index in [-0.39, 0.29) is 18.4 Å². The summed E-state index contributed by atoms with van der Waals surface area (Å²) in [4.78, 5) is 41.7. The predicted octanol–water partition coefficient (Wildman–Crippen LogP) is 2.88. The summed E-state index contributed by atoms with van der Waals surface area (Å²) in [6.45, 7) is 0.166. The van der Waals surface area contributed by atoms with Gasteiger partial charge in [-0.15, -0.1) is 0 Å². The minimum atomic E-state index is -1.05. The molecule has 2 aliphatic rings. The Morgan fingerprint density at radius 3 is 1.88 bits per heavy atom. The lowest BCUT2D eigenvalue weighted by atomic mass is 9.72. The van der Waals surface area contributed by atoms with Crippen molar-refractivity contribution in [2.24, 2.45) is 11.8 Å². The molecule has 5 rings (SSSR count). The molecule has 0 saturated carbocycles. The van der Waals surface area contributed by atoms with Gasteiger partial charge in [-0.3, -0.25) is 24.6 Å². The molecule has 0 aliphatic carbocycles. The van der Waals surface area contributed by atoms with E-state index in [9.17, 15) is 14.4 Å². The first-order valence-electron chi connectivity index (χ1n) is 10.9. The van der Waals surface area contributed by atoms with E-state index in [1.54, 1.807) is 0 Å². The Hall–Kier alpha value is -3.77. The number of nitrogens with zero attached hydrogens (tertiary/aromatic N) is 1. The van der Waals surface area contributed by atoms with Gasteiger partial charge < -0.3 is 4.74 Å². The van der Waals surface area contributed by atoms with Gasteiger partial charge in [0.2, 0.25) is 11.8 Å². The number of hydrogen-bond donors (Lipinski definition) is 1. The normalized spacial score (nSPS) is 23.4. The Balaban J connectivity index is 1.68. The minimum absolute atomic E-state index is 0.166. The van der Waals surface area contributed by atoms with Crippen molar-refractivity contribution in [3.8, 4) is 0 Å². The van der Waals surface area contributed by atoms with E-state index in [2.05, 4.69) is 5.32 Å². The maximum atomic E-state index is 13.9. The zero-order valence-corrected chi connectivity index (χ0v) is 18.2. The van der Waals surface area contributed by atoms with Crippen molar-refractivity contribution in [2.75, 3.05) is 7.11 Å². The third-order valence-corrected chi connectivity index (χ3v) is 6.75. The number of ether oxygens (including phenoxy) is 1. The van der Waals surface area contributed by atoms with Crippen LogP contribution >= 0.6 is 0 Å². The fraction of sp³-hybridized carbons (Fsp3) is 0.222. The number of imide groups is 1. The summed E-state index contributed by atoms with van der Waals surface area (Å²) in [5.41, 5.74) is 1.44. The summed E-state index contributed by atoms with van der Waals surface area (Å²) in [7, 11) is 1.30. The van der Waals surface area contributed by atoms with Gasteiger partial charge in [-0.25, -0.2) is 0 Å². The highest BCUT2D eigenvalue weighted by Gasteiger charge is 2.67. The van der Waals surface area contributed by atoms with E-state index in [1.165, 1.54) is 12.0 Å². The van der Waals surface area contributed by atoms with Crippen LogP contribution in [0.2, 0.25) is 0 Å². The zero-order chi connectivity index (χ0) is 23.0. The Morgan fingerprint density at radius 2 is 1.36 bits per heavy atom. The standard InChI is InChI=1S/C27H24N2O4/c1-33-26(32)23-21-22(25(31)29(24(21)30)17-18-11-5-2-6-12-18)27(28-23,19-13-7-3-8-14-19)20-15-9-4-10-16-20/h2-16,21-23,28H,17H2,1H3. The number of benzene rings is 3. The molecule has 2 amide bonds. The number of rotatable bonds is 5. The third kappa shape index (κ3) is 3.26. The van der Waals surface area contributed by atoms with Crippen molar-refractivity contribution in [3.05, 3.63) is 108 Å². The molecule has 3 unspecified atom stereocenters. The zero-order valence-electron chi connectivity index (χ0n) is 18.2. The Morgan fingerprint density at radius 1 is 0.848 bits per heavy atom. The maximum Gasteiger partial charge on any atom is 0.323 e. The van der Waals surface area contributed by atoms with Gasteiger partial charge in [0, 0.05) is 0 Å². The number of hydrogen-bond acceptors (Lipinski definition) is 5. The molecule has 166 valence electrons. The molecular formula is C27H24N2O4. The molecule has 2 fully saturated rings. The second-order valence-corrected chi connectivity index (χ2v) is 8.44. The number of likely N-dealkylation sites (tertiary alicyclic amines) is 1. The molecule has 2 saturated heterocycles. The summed E-state index contributed by atoms with van der Waals surface area (Å²) in [6, 6.07) is 27.5. The molecule has 2 aliphatic heterocycles. The molecule has 6 heteroatoms. The van der Waals surface area contributed by atoms with Crippen LogP contribution < -0.4 is 5.32 Å². The Bertz CT molecular complexity index is 1140. The van der Waals surface area contributed by atoms with Gasteiger partial charge in [0.1, 0.15) is 6.04 Å². The van der Waals surface area contributed by atoms with E-state index in [0.29, 0.717) is 0 Å². The number of methoxy groups -OCH3 is 1. The van der Waals surface area contributed by atoms with Crippen molar-refractivity contribution < 1.29 is 19.1 Å². The lowest BCUT2D eigenvalue weighted by molar-refractivity contribution is -0.148. The molecule has 0 radical (unpaired) electrons. The number of fused-ring (bicyclic) bond motifs is 1. The Kier molecular flexibility index (Phi) is 5.30. The summed E-state index contributed by atoms with van der Waals surface area (Å²) in [6.07, 6.45) is 0. The topological polar surface area (TPSA) is 75.7 Å². The van der Waals surface area contributed by atoms with Crippen LogP contribution in [0, 0.1) is 11.8 Å². The van der Waals surface area contributed by atoms with Gasteiger partial charge >= 0.3 is 5.97 Å². The molecule has 1 N–H and O–H groups in total. The highest BCUT2D eigenvalue weighted by molar-refractivity contribution is 6.09. The fourth-order valence-electron chi connectivity index (χ4n) is 5.32. The molecule has 3 aromatic rings. The van der Waals surface area contributed by atoms with E-state index in [4.69, 9.17) is 4.74 Å². The average molecular weight is 440 g/mol. The van der Waals surface area contributed by atoms with Crippen LogP contribution in [-0.4, -0.2) is 35.8 Å². The van der Waals surface area contributed by atoms with Crippen molar-refractivity contribution in [3.63, 3.8) is 0 Å². The molecule has 3 atom stereocenters. The lowest BCUT2D eigenvalue weighted by Gasteiger charge is -2.36. The van der Waals surface area contributed by atoms with Crippen LogP contribution in [0.3, 0.4) is 0 Å². The van der Waals surface area contributed by atoms with Gasteiger partial charge in [0.15, 0.2) is 0 Å². The van der Waals surface area contributed by atoms with Crippen molar-refractivity contribution in [1.29, 1.82) is 0 Å². The summed E-state index contributed by atoms with van der Waals surface area (Å²) in [5, 5.41) is 3.39. The molecule has 6 nitrogen and oxygen atoms in total. The van der Waals surface area contributed by atoms with Crippen LogP contribution in [0.1, 0.15) is 16.7 Å². The number of esters is 1. The predicted molar refractivity (Wildman–Crippen MR) is 122 cm³/mol. The van der Waals surface area contributed by atoms with Crippen LogP contribution in [0.25, 0.3) is 0 Å². The summed E-state index contributed by atoms with van der Waals surface area (Å²) >= 11 is 0. The van der Waals surface area contributed by atoms with E-state index < -0.39 is 29.4 Å². The lowest BCUT2D eigenvalue weighted by Crippen LogP contribution is -2.51. The van der Waals surface area contributed by atoms with E-state index in [0.717, 1.165) is 16.7 Å². The SMILES string of the molecule is COC(=O)C1NC(c2ccccc2)(c2ccccc2)C2C(=O)N(Cc3ccccc3)C(=O)C12. The van der Waals surface area contributed by atoms with Crippen LogP contribution in [0.15, 0.2) is 91.0 Å². The monoisotopic (exact) mass is 440 g/mol. The molecule has 2 heterocycles. The first-order chi connectivity index (χ1) is 16.1. The van der Waals surface area contributed by atoms with Crippen molar-refractivity contribution in [1.82, 2.24) is 10.2 Å². The number of amides is 2. The van der Waals surface area contributed by atoms with Gasteiger partial charge in [0.25, 0.3) is 0 Å². The first-order valence-corrected chi connectivity index (χ1v) is 10.9. The van der Waals surface area contributed by atoms with Crippen molar-refractivity contribution >= 4 is 17.8 Å². The summed E-state index contributed by atoms with van der Waals surface area (Å²) < 4.78 is 5.06. The maximum absolute atomic E-state index is 13.9. The quantitative estimate of drug-likeness (QED) is 0.488. The summed E-state index contributed by atoms with van der Waals surface area (Å²) in [5.74, 6) is -2.86. The molecule has 3 aromatic carbocycles. The molecule has 0 bridgehead atoms. The number of nitrogens with one attached hydrogen (secondary N) is 1. The smallest absolute Gasteiger partial charge is 0.323 e. The highest BCUT2D eigenvalue weighted by Crippen LogP contribution is 2.51. The van der Waals surface area contributed by atoms with Gasteiger partial charge in [0.05, 0.1) is 31.0 Å². The second kappa shape index (κ2) is 8.30. The Labute approximate surface area is 192 Å². The van der Waals surface area contributed by atoms with E-state index in [1.807, 2.05) is 91.0 Å². The van der Waals surface area contributed by atoms with Gasteiger partial charge in [-0.2, -0.15) is 0 Å². The van der Waals surface area contributed by atoms with Crippen LogP contribution in [0.5, 0.6) is 0 Å². The minimum Gasteiger partial charge on any atom is -0.468 e. The molecular weight excluding hydrogens is 416 g/mol. The van der Waals surface area contributed by atoms with Crippen molar-refractivity contribution in [2.45, 2.75) is 18.1 Å². The first kappa shape index (κ1) is 21.1. The molecule has 0 spiro atoms. The molecule has 33 heavy (non-hydrogen) atoms. The fourth-order valence-corrected chi connectivity index (χ4v) is 5.32. The average Bonchev–Trinajstić information content (AvgIpc) is 3.36. The van der Waals surface area contributed by atoms with Gasteiger partial charge in [-0.05, 0) is 16.7 Å². The molecule has 0 aromatic heterocycles. The largest absolute Gasteiger partial charge is 0.468 e. The van der Waals surface area contributed by atoms with Gasteiger partial charge in [-0.1, -0.05) is 91.0 Å². The second-order valence-electron chi connectivity index (χ2n) is 8.44. The number of carbonyl (C=O) groups is 3. The van der Waals surface area contributed by atoms with Crippen LogP contribution in [0.4, 0.5) is 0 Å². The third-order valence-electron chi connectivity index (χ3n) is 6.75.